The molecule has 0 atom stereocenters. The van der Waals surface area contributed by atoms with Gasteiger partial charge in [0.25, 0.3) is 5.91 Å². The molecule has 5 heteroatoms. The van der Waals surface area contributed by atoms with Crippen molar-refractivity contribution in [3.63, 3.8) is 0 Å². The van der Waals surface area contributed by atoms with E-state index in [0.29, 0.717) is 17.9 Å². The van der Waals surface area contributed by atoms with E-state index in [9.17, 15) is 4.79 Å². The first-order valence-electron chi connectivity index (χ1n) is 8.02. The van der Waals surface area contributed by atoms with Crippen molar-refractivity contribution in [3.8, 4) is 11.5 Å². The average Bonchev–Trinajstić information content (AvgIpc) is 2.65. The van der Waals surface area contributed by atoms with E-state index in [1.165, 1.54) is 0 Å². The molecule has 0 saturated carbocycles. The van der Waals surface area contributed by atoms with Gasteiger partial charge in [0.15, 0.2) is 0 Å². The third kappa shape index (κ3) is 5.80. The van der Waals surface area contributed by atoms with E-state index in [1.54, 1.807) is 31.4 Å². The second kappa shape index (κ2) is 9.27. The first-order chi connectivity index (χ1) is 12.1. The molecule has 0 aromatic heterocycles. The molecule has 0 bridgehead atoms. The fourth-order valence-electron chi connectivity index (χ4n) is 2.07. The van der Waals surface area contributed by atoms with Crippen LogP contribution in [0.5, 0.6) is 11.5 Å². The summed E-state index contributed by atoms with van der Waals surface area (Å²) in [5.41, 5.74) is 4.74. The highest BCUT2D eigenvalue weighted by Gasteiger charge is 2.04. The number of nitrogens with zero attached hydrogens (tertiary/aromatic N) is 1. The summed E-state index contributed by atoms with van der Waals surface area (Å²) in [6, 6.07) is 14.6. The fourth-order valence-corrected chi connectivity index (χ4v) is 2.07. The molecule has 0 heterocycles. The SMILES string of the molecule is CCOc1ccc(C(=O)N/N=C(C)/C=C/c2cccc(OC)c2)cc1. The summed E-state index contributed by atoms with van der Waals surface area (Å²) in [7, 11) is 1.63. The molecule has 5 nitrogen and oxygen atoms in total. The van der Waals surface area contributed by atoms with Gasteiger partial charge in [0.1, 0.15) is 11.5 Å². The first-order valence-corrected chi connectivity index (χ1v) is 8.02. The van der Waals surface area contributed by atoms with Gasteiger partial charge in [-0.2, -0.15) is 5.10 Å². The summed E-state index contributed by atoms with van der Waals surface area (Å²) < 4.78 is 10.5. The van der Waals surface area contributed by atoms with Crippen LogP contribution in [0.25, 0.3) is 6.08 Å². The number of allylic oxidation sites excluding steroid dienone is 1. The van der Waals surface area contributed by atoms with Crippen molar-refractivity contribution in [1.82, 2.24) is 5.43 Å². The number of nitrogens with one attached hydrogen (secondary N) is 1. The monoisotopic (exact) mass is 338 g/mol. The summed E-state index contributed by atoms with van der Waals surface area (Å²) in [6.07, 6.45) is 3.73. The van der Waals surface area contributed by atoms with Gasteiger partial charge in [0.2, 0.25) is 0 Å². The van der Waals surface area contributed by atoms with Crippen LogP contribution in [-0.4, -0.2) is 25.3 Å². The van der Waals surface area contributed by atoms with Crippen LogP contribution in [0.4, 0.5) is 0 Å². The number of benzene rings is 2. The van der Waals surface area contributed by atoms with Crippen LogP contribution in [0.2, 0.25) is 0 Å². The second-order valence-corrected chi connectivity index (χ2v) is 5.26. The van der Waals surface area contributed by atoms with Gasteiger partial charge in [-0.3, -0.25) is 4.79 Å². The lowest BCUT2D eigenvalue weighted by atomic mass is 10.2. The first kappa shape index (κ1) is 18.3. The third-order valence-electron chi connectivity index (χ3n) is 3.37. The van der Waals surface area contributed by atoms with E-state index in [-0.39, 0.29) is 5.91 Å². The molecule has 0 aliphatic heterocycles. The molecule has 0 aliphatic rings. The van der Waals surface area contributed by atoms with Crippen molar-refractivity contribution in [2.24, 2.45) is 5.10 Å². The Kier molecular flexibility index (Phi) is 6.77. The number of hydrazone groups is 1. The maximum Gasteiger partial charge on any atom is 0.271 e. The van der Waals surface area contributed by atoms with Crippen molar-refractivity contribution < 1.29 is 14.3 Å². The highest BCUT2D eigenvalue weighted by molar-refractivity contribution is 5.99. The Morgan fingerprint density at radius 2 is 1.92 bits per heavy atom. The van der Waals surface area contributed by atoms with Crippen LogP contribution in [0.1, 0.15) is 29.8 Å². The lowest BCUT2D eigenvalue weighted by Gasteiger charge is -2.04. The second-order valence-electron chi connectivity index (χ2n) is 5.26. The highest BCUT2D eigenvalue weighted by Crippen LogP contribution is 2.14. The molecule has 0 spiro atoms. The van der Waals surface area contributed by atoms with Crippen molar-refractivity contribution in [1.29, 1.82) is 0 Å². The molecule has 0 aliphatic carbocycles. The van der Waals surface area contributed by atoms with Crippen LogP contribution >= 0.6 is 0 Å². The molecule has 2 aromatic carbocycles. The van der Waals surface area contributed by atoms with E-state index in [2.05, 4.69) is 10.5 Å². The van der Waals surface area contributed by atoms with Gasteiger partial charge in [-0.15, -0.1) is 0 Å². The zero-order chi connectivity index (χ0) is 18.1. The summed E-state index contributed by atoms with van der Waals surface area (Å²) in [5.74, 6) is 1.26. The largest absolute Gasteiger partial charge is 0.497 e. The zero-order valence-electron chi connectivity index (χ0n) is 14.7. The minimum Gasteiger partial charge on any atom is -0.497 e. The normalized spacial score (nSPS) is 11.4. The van der Waals surface area contributed by atoms with E-state index < -0.39 is 0 Å². The standard InChI is InChI=1S/C20H22N2O3/c1-4-25-18-12-10-17(11-13-18)20(23)22-21-15(2)8-9-16-6-5-7-19(14-16)24-3/h5-14H,4H2,1-3H3,(H,22,23)/b9-8+,21-15+. The van der Waals surface area contributed by atoms with Gasteiger partial charge in [-0.1, -0.05) is 18.2 Å². The average molecular weight is 338 g/mol. The van der Waals surface area contributed by atoms with Crippen LogP contribution in [0.3, 0.4) is 0 Å². The van der Waals surface area contributed by atoms with Gasteiger partial charge in [0.05, 0.1) is 19.4 Å². The Balaban J connectivity index is 1.95. The molecule has 2 rings (SSSR count). The summed E-state index contributed by atoms with van der Waals surface area (Å²) in [5, 5.41) is 4.08. The van der Waals surface area contributed by atoms with Gasteiger partial charge < -0.3 is 9.47 Å². The van der Waals surface area contributed by atoms with E-state index >= 15 is 0 Å². The molecule has 1 amide bonds. The van der Waals surface area contributed by atoms with Crippen molar-refractivity contribution in [2.75, 3.05) is 13.7 Å². The Labute approximate surface area is 148 Å². The highest BCUT2D eigenvalue weighted by atomic mass is 16.5. The molecule has 25 heavy (non-hydrogen) atoms. The predicted molar refractivity (Wildman–Crippen MR) is 100 cm³/mol. The molecule has 1 N–H and O–H groups in total. The Morgan fingerprint density at radius 3 is 2.60 bits per heavy atom. The fraction of sp³-hybridized carbons (Fsp3) is 0.200. The Bertz CT molecular complexity index is 765. The lowest BCUT2D eigenvalue weighted by Crippen LogP contribution is -2.18. The Hall–Kier alpha value is -3.08. The van der Waals surface area contributed by atoms with E-state index in [0.717, 1.165) is 17.1 Å². The van der Waals surface area contributed by atoms with Crippen LogP contribution in [0, 0.1) is 0 Å². The molecule has 130 valence electrons. The number of rotatable bonds is 7. The minimum absolute atomic E-state index is 0.267. The van der Waals surface area contributed by atoms with Gasteiger partial charge in [0, 0.05) is 5.56 Å². The number of hydrogen-bond acceptors (Lipinski definition) is 4. The number of ether oxygens (including phenoxy) is 2. The van der Waals surface area contributed by atoms with Crippen molar-refractivity contribution >= 4 is 17.7 Å². The number of amides is 1. The zero-order valence-corrected chi connectivity index (χ0v) is 14.7. The molecule has 0 radical (unpaired) electrons. The van der Waals surface area contributed by atoms with Gasteiger partial charge >= 0.3 is 0 Å². The smallest absolute Gasteiger partial charge is 0.271 e. The van der Waals surface area contributed by atoms with Gasteiger partial charge in [-0.05, 0) is 61.9 Å². The van der Waals surface area contributed by atoms with Crippen molar-refractivity contribution in [2.45, 2.75) is 13.8 Å². The molecule has 2 aromatic rings. The molecule has 0 fully saturated rings. The van der Waals surface area contributed by atoms with E-state index in [1.807, 2.05) is 50.3 Å². The molecular weight excluding hydrogens is 316 g/mol. The van der Waals surface area contributed by atoms with Gasteiger partial charge in [-0.25, -0.2) is 5.43 Å². The maximum absolute atomic E-state index is 12.1. The topological polar surface area (TPSA) is 59.9 Å². The molecular formula is C20H22N2O3. The van der Waals surface area contributed by atoms with Crippen molar-refractivity contribution in [3.05, 3.63) is 65.7 Å². The van der Waals surface area contributed by atoms with Crippen LogP contribution in [0.15, 0.2) is 59.7 Å². The van der Waals surface area contributed by atoms with E-state index in [4.69, 9.17) is 9.47 Å². The number of carbonyl (C=O) groups is 1. The molecule has 0 saturated heterocycles. The number of methoxy groups -OCH3 is 1. The summed E-state index contributed by atoms with van der Waals surface area (Å²) in [6.45, 7) is 4.32. The summed E-state index contributed by atoms with van der Waals surface area (Å²) in [4.78, 5) is 12.1. The predicted octanol–water partition coefficient (Wildman–Crippen LogP) is 3.91. The summed E-state index contributed by atoms with van der Waals surface area (Å²) >= 11 is 0. The third-order valence-corrected chi connectivity index (χ3v) is 3.37. The van der Waals surface area contributed by atoms with Crippen LogP contribution < -0.4 is 14.9 Å². The number of carbonyl (C=O) groups excluding carboxylic acids is 1. The lowest BCUT2D eigenvalue weighted by molar-refractivity contribution is 0.0955. The Morgan fingerprint density at radius 1 is 1.16 bits per heavy atom. The number of hydrogen-bond donors (Lipinski definition) is 1. The quantitative estimate of drug-likeness (QED) is 0.615. The minimum atomic E-state index is -0.267. The maximum atomic E-state index is 12.1. The molecule has 0 unspecified atom stereocenters. The van der Waals surface area contributed by atoms with Crippen LogP contribution in [-0.2, 0) is 0 Å².